The van der Waals surface area contributed by atoms with Crippen LogP contribution in [0.25, 0.3) is 0 Å². The number of carbonyl (C=O) groups excluding carboxylic acids is 2. The summed E-state index contributed by atoms with van der Waals surface area (Å²) >= 11 is 0. The van der Waals surface area contributed by atoms with Gasteiger partial charge in [-0.15, -0.1) is 0 Å². The zero-order valence-electron chi connectivity index (χ0n) is 11.7. The molecule has 0 aliphatic rings. The molecule has 3 nitrogen and oxygen atoms in total. The van der Waals surface area contributed by atoms with Crippen molar-refractivity contribution in [3.05, 3.63) is 35.9 Å². The molecule has 0 aliphatic carbocycles. The SMILES string of the molecule is CC.CC.CC(=O)N(C)C(=O)c1ccccc1. The lowest BCUT2D eigenvalue weighted by Crippen LogP contribution is -2.30. The van der Waals surface area contributed by atoms with Crippen LogP contribution < -0.4 is 0 Å². The van der Waals surface area contributed by atoms with Crippen LogP contribution in [0.15, 0.2) is 30.3 Å². The summed E-state index contributed by atoms with van der Waals surface area (Å²) < 4.78 is 0. The lowest BCUT2D eigenvalue weighted by molar-refractivity contribution is -0.125. The molecule has 0 fully saturated rings. The van der Waals surface area contributed by atoms with E-state index >= 15 is 0 Å². The summed E-state index contributed by atoms with van der Waals surface area (Å²) in [5, 5.41) is 0. The Kier molecular flexibility index (Phi) is 11.3. The highest BCUT2D eigenvalue weighted by molar-refractivity contribution is 6.03. The predicted molar refractivity (Wildman–Crippen MR) is 71.9 cm³/mol. The quantitative estimate of drug-likeness (QED) is 0.751. The van der Waals surface area contributed by atoms with Crippen LogP contribution in [0.4, 0.5) is 0 Å². The average Bonchev–Trinajstić information content (AvgIpc) is 2.42. The van der Waals surface area contributed by atoms with Gasteiger partial charge in [0.25, 0.3) is 5.91 Å². The number of hydrogen-bond donors (Lipinski definition) is 0. The summed E-state index contributed by atoms with van der Waals surface area (Å²) in [6, 6.07) is 8.72. The van der Waals surface area contributed by atoms with E-state index in [4.69, 9.17) is 0 Å². The molecule has 17 heavy (non-hydrogen) atoms. The molecule has 1 rings (SSSR count). The van der Waals surface area contributed by atoms with Crippen molar-refractivity contribution < 1.29 is 9.59 Å². The Labute approximate surface area is 104 Å². The van der Waals surface area contributed by atoms with E-state index in [-0.39, 0.29) is 11.8 Å². The summed E-state index contributed by atoms with van der Waals surface area (Å²) in [5.74, 6) is -0.526. The molecule has 0 radical (unpaired) electrons. The lowest BCUT2D eigenvalue weighted by Gasteiger charge is -2.12. The third-order valence-electron chi connectivity index (χ3n) is 1.80. The molecule has 0 spiro atoms. The van der Waals surface area contributed by atoms with Crippen molar-refractivity contribution in [2.45, 2.75) is 34.6 Å². The van der Waals surface area contributed by atoms with Gasteiger partial charge in [0.15, 0.2) is 0 Å². The van der Waals surface area contributed by atoms with Crippen LogP contribution in [0.2, 0.25) is 0 Å². The summed E-state index contributed by atoms with van der Waals surface area (Å²) in [6.07, 6.45) is 0. The highest BCUT2D eigenvalue weighted by Gasteiger charge is 2.13. The Hall–Kier alpha value is -1.64. The van der Waals surface area contributed by atoms with Gasteiger partial charge in [-0.2, -0.15) is 0 Å². The highest BCUT2D eigenvalue weighted by atomic mass is 16.2. The number of rotatable bonds is 1. The van der Waals surface area contributed by atoms with E-state index in [9.17, 15) is 9.59 Å². The number of benzene rings is 1. The van der Waals surface area contributed by atoms with Crippen molar-refractivity contribution in [1.29, 1.82) is 0 Å². The zero-order valence-corrected chi connectivity index (χ0v) is 11.7. The molecule has 3 heteroatoms. The molecule has 0 heterocycles. The molecule has 0 saturated carbocycles. The molecule has 0 aromatic heterocycles. The first-order valence-corrected chi connectivity index (χ1v) is 5.96. The first-order chi connectivity index (χ1) is 8.13. The van der Waals surface area contributed by atoms with Gasteiger partial charge in [-0.1, -0.05) is 45.9 Å². The fraction of sp³-hybridized carbons (Fsp3) is 0.429. The number of hydrogen-bond acceptors (Lipinski definition) is 2. The number of imide groups is 1. The van der Waals surface area contributed by atoms with Crippen LogP contribution in [0.1, 0.15) is 45.0 Å². The Bertz CT molecular complexity index is 320. The highest BCUT2D eigenvalue weighted by Crippen LogP contribution is 2.02. The Balaban J connectivity index is 0. The maximum atomic E-state index is 11.5. The smallest absolute Gasteiger partial charge is 0.260 e. The molecular weight excluding hydrogens is 214 g/mol. The third kappa shape index (κ3) is 6.51. The van der Waals surface area contributed by atoms with Crippen LogP contribution in [-0.4, -0.2) is 23.8 Å². The molecule has 0 aliphatic heterocycles. The lowest BCUT2D eigenvalue weighted by atomic mass is 10.2. The standard InChI is InChI=1S/C10H11NO2.2C2H6/c1-8(12)11(2)10(13)9-6-4-3-5-7-9;2*1-2/h3-7H,1-2H3;2*1-2H3. The van der Waals surface area contributed by atoms with E-state index in [0.29, 0.717) is 5.56 Å². The summed E-state index contributed by atoms with van der Waals surface area (Å²) in [7, 11) is 1.47. The molecule has 0 bridgehead atoms. The van der Waals surface area contributed by atoms with E-state index in [1.807, 2.05) is 33.8 Å². The van der Waals surface area contributed by atoms with Gasteiger partial charge in [0.1, 0.15) is 0 Å². The minimum absolute atomic E-state index is 0.256. The van der Waals surface area contributed by atoms with Gasteiger partial charge in [-0.25, -0.2) is 0 Å². The second-order valence-corrected chi connectivity index (χ2v) is 2.75. The molecule has 1 aromatic carbocycles. The van der Waals surface area contributed by atoms with E-state index in [1.54, 1.807) is 24.3 Å². The normalized spacial score (nSPS) is 7.88. The van der Waals surface area contributed by atoms with Crippen molar-refractivity contribution in [2.75, 3.05) is 7.05 Å². The largest absolute Gasteiger partial charge is 0.282 e. The summed E-state index contributed by atoms with van der Waals surface area (Å²) in [4.78, 5) is 23.4. The average molecular weight is 237 g/mol. The van der Waals surface area contributed by atoms with E-state index in [2.05, 4.69) is 0 Å². The molecule has 96 valence electrons. The maximum Gasteiger partial charge on any atom is 0.260 e. The first-order valence-electron chi connectivity index (χ1n) is 5.96. The Morgan fingerprint density at radius 2 is 1.35 bits per heavy atom. The molecule has 2 amide bonds. The molecule has 0 unspecified atom stereocenters. The molecule has 0 N–H and O–H groups in total. The van der Waals surface area contributed by atoms with E-state index in [0.717, 1.165) is 4.90 Å². The van der Waals surface area contributed by atoms with Crippen molar-refractivity contribution in [3.8, 4) is 0 Å². The van der Waals surface area contributed by atoms with E-state index in [1.165, 1.54) is 14.0 Å². The second-order valence-electron chi connectivity index (χ2n) is 2.75. The second kappa shape index (κ2) is 10.9. The monoisotopic (exact) mass is 237 g/mol. The van der Waals surface area contributed by atoms with Crippen LogP contribution in [0.5, 0.6) is 0 Å². The van der Waals surface area contributed by atoms with Gasteiger partial charge < -0.3 is 0 Å². The molecule has 0 saturated heterocycles. The molecule has 0 atom stereocenters. The van der Waals surface area contributed by atoms with Crippen molar-refractivity contribution in [1.82, 2.24) is 4.90 Å². The number of carbonyl (C=O) groups is 2. The van der Waals surface area contributed by atoms with Gasteiger partial charge in [0.2, 0.25) is 5.91 Å². The number of nitrogens with zero attached hydrogens (tertiary/aromatic N) is 1. The minimum atomic E-state index is -0.270. The maximum absolute atomic E-state index is 11.5. The third-order valence-corrected chi connectivity index (χ3v) is 1.80. The summed E-state index contributed by atoms with van der Waals surface area (Å²) in [6.45, 7) is 9.36. The van der Waals surface area contributed by atoms with Gasteiger partial charge >= 0.3 is 0 Å². The Morgan fingerprint density at radius 1 is 0.941 bits per heavy atom. The Morgan fingerprint density at radius 3 is 1.71 bits per heavy atom. The number of amides is 2. The zero-order chi connectivity index (χ0) is 13.8. The van der Waals surface area contributed by atoms with Crippen molar-refractivity contribution in [2.24, 2.45) is 0 Å². The fourth-order valence-corrected chi connectivity index (χ4v) is 0.917. The van der Waals surface area contributed by atoms with Crippen LogP contribution in [0.3, 0.4) is 0 Å². The molecular formula is C14H23NO2. The van der Waals surface area contributed by atoms with Gasteiger partial charge in [0, 0.05) is 19.5 Å². The topological polar surface area (TPSA) is 37.4 Å². The van der Waals surface area contributed by atoms with Crippen LogP contribution >= 0.6 is 0 Å². The van der Waals surface area contributed by atoms with Gasteiger partial charge in [-0.05, 0) is 12.1 Å². The molecule has 1 aromatic rings. The van der Waals surface area contributed by atoms with Gasteiger partial charge in [0.05, 0.1) is 0 Å². The van der Waals surface area contributed by atoms with Crippen LogP contribution in [0, 0.1) is 0 Å². The summed E-state index contributed by atoms with van der Waals surface area (Å²) in [5.41, 5.74) is 0.528. The first kappa shape index (κ1) is 17.7. The van der Waals surface area contributed by atoms with Gasteiger partial charge in [-0.3, -0.25) is 14.5 Å². The van der Waals surface area contributed by atoms with E-state index < -0.39 is 0 Å². The van der Waals surface area contributed by atoms with Crippen molar-refractivity contribution in [3.63, 3.8) is 0 Å². The van der Waals surface area contributed by atoms with Crippen molar-refractivity contribution >= 4 is 11.8 Å². The predicted octanol–water partition coefficient (Wildman–Crippen LogP) is 3.36. The fourth-order valence-electron chi connectivity index (χ4n) is 0.917. The van der Waals surface area contributed by atoms with Crippen LogP contribution in [-0.2, 0) is 4.79 Å². The minimum Gasteiger partial charge on any atom is -0.282 e.